The Morgan fingerprint density at radius 3 is 2.30 bits per heavy atom. The van der Waals surface area contributed by atoms with Gasteiger partial charge in [-0.05, 0) is 35.9 Å². The Kier molecular flexibility index (Phi) is 6.62. The number of nitrogens with one attached hydrogen (secondary N) is 2. The van der Waals surface area contributed by atoms with Crippen molar-refractivity contribution >= 4 is 23.5 Å². The Balaban J connectivity index is 1.29. The highest BCUT2D eigenvalue weighted by atomic mass is 19.4. The number of nitrogens with zero attached hydrogens (tertiary/aromatic N) is 4. The molecule has 0 spiro atoms. The second-order valence-corrected chi connectivity index (χ2v) is 7.56. The summed E-state index contributed by atoms with van der Waals surface area (Å²) in [5, 5.41) is 5.93. The van der Waals surface area contributed by atoms with Crippen molar-refractivity contribution in [1.29, 1.82) is 0 Å². The molecule has 172 valence electrons. The number of rotatable bonds is 5. The van der Waals surface area contributed by atoms with Gasteiger partial charge in [0.1, 0.15) is 5.82 Å². The minimum absolute atomic E-state index is 0.316. The SMILES string of the molecule is O=C(Nc1ccc(C(F)(F)F)cc1)N1CCN(c2nccc(NCc3ccccc3)n2)CC1. The summed E-state index contributed by atoms with van der Waals surface area (Å²) in [6, 6.07) is 15.8. The lowest BCUT2D eigenvalue weighted by atomic mass is 10.2. The van der Waals surface area contributed by atoms with Gasteiger partial charge in [-0.2, -0.15) is 18.2 Å². The van der Waals surface area contributed by atoms with E-state index < -0.39 is 11.7 Å². The second kappa shape index (κ2) is 9.76. The number of hydrogen-bond donors (Lipinski definition) is 2. The number of benzene rings is 2. The molecule has 0 unspecified atom stereocenters. The molecule has 0 radical (unpaired) electrons. The van der Waals surface area contributed by atoms with Crippen molar-refractivity contribution in [2.45, 2.75) is 12.7 Å². The molecule has 0 saturated carbocycles. The first-order chi connectivity index (χ1) is 15.9. The van der Waals surface area contributed by atoms with Gasteiger partial charge >= 0.3 is 12.2 Å². The Morgan fingerprint density at radius 2 is 1.64 bits per heavy atom. The van der Waals surface area contributed by atoms with Crippen molar-refractivity contribution in [1.82, 2.24) is 14.9 Å². The predicted molar refractivity (Wildman–Crippen MR) is 120 cm³/mol. The number of halogens is 3. The molecule has 2 aromatic carbocycles. The summed E-state index contributed by atoms with van der Waals surface area (Å²) in [5.74, 6) is 1.29. The monoisotopic (exact) mass is 456 g/mol. The van der Waals surface area contributed by atoms with Crippen LogP contribution in [0, 0.1) is 0 Å². The molecule has 1 aliphatic heterocycles. The maximum Gasteiger partial charge on any atom is 0.416 e. The first kappa shape index (κ1) is 22.4. The molecule has 2 amide bonds. The van der Waals surface area contributed by atoms with Gasteiger partial charge in [-0.3, -0.25) is 0 Å². The molecule has 7 nitrogen and oxygen atoms in total. The summed E-state index contributed by atoms with van der Waals surface area (Å²) < 4.78 is 38.0. The topological polar surface area (TPSA) is 73.4 Å². The van der Waals surface area contributed by atoms with Crippen molar-refractivity contribution in [2.75, 3.05) is 41.7 Å². The van der Waals surface area contributed by atoms with Gasteiger partial charge in [0.05, 0.1) is 5.56 Å². The van der Waals surface area contributed by atoms with E-state index in [4.69, 9.17) is 0 Å². The van der Waals surface area contributed by atoms with Crippen LogP contribution >= 0.6 is 0 Å². The van der Waals surface area contributed by atoms with Crippen LogP contribution in [0.15, 0.2) is 66.9 Å². The maximum atomic E-state index is 12.7. The van der Waals surface area contributed by atoms with E-state index in [2.05, 4.69) is 20.6 Å². The summed E-state index contributed by atoms with van der Waals surface area (Å²) in [6.45, 7) is 2.62. The van der Waals surface area contributed by atoms with E-state index in [1.54, 1.807) is 17.2 Å². The van der Waals surface area contributed by atoms with Crippen LogP contribution < -0.4 is 15.5 Å². The van der Waals surface area contributed by atoms with E-state index >= 15 is 0 Å². The van der Waals surface area contributed by atoms with E-state index in [0.717, 1.165) is 17.7 Å². The molecule has 3 aromatic rings. The Labute approximate surface area is 189 Å². The molecule has 0 aliphatic carbocycles. The summed E-state index contributed by atoms with van der Waals surface area (Å²) in [7, 11) is 0. The third-order valence-corrected chi connectivity index (χ3v) is 5.27. The van der Waals surface area contributed by atoms with Crippen LogP contribution in [-0.4, -0.2) is 47.1 Å². The maximum absolute atomic E-state index is 12.7. The van der Waals surface area contributed by atoms with Crippen molar-refractivity contribution in [3.05, 3.63) is 78.0 Å². The highest BCUT2D eigenvalue weighted by molar-refractivity contribution is 5.89. The number of piperazine rings is 1. The van der Waals surface area contributed by atoms with Gasteiger partial charge in [-0.25, -0.2) is 9.78 Å². The summed E-state index contributed by atoms with van der Waals surface area (Å²) >= 11 is 0. The van der Waals surface area contributed by atoms with Crippen LogP contribution in [0.5, 0.6) is 0 Å². The standard InChI is InChI=1S/C23H23F3N6O/c24-23(25,26)18-6-8-19(9-7-18)29-22(33)32-14-12-31(13-15-32)21-27-11-10-20(30-21)28-16-17-4-2-1-3-5-17/h1-11H,12-16H2,(H,29,33)(H,27,28,30). The van der Waals surface area contributed by atoms with Crippen LogP contribution in [-0.2, 0) is 12.7 Å². The quantitative estimate of drug-likeness (QED) is 0.593. The average molecular weight is 456 g/mol. The number of carbonyl (C=O) groups excluding carboxylic acids is 1. The molecule has 1 aromatic heterocycles. The van der Waals surface area contributed by atoms with Gasteiger partial charge in [0, 0.05) is 44.6 Å². The van der Waals surface area contributed by atoms with Gasteiger partial charge in [0.2, 0.25) is 5.95 Å². The fourth-order valence-corrected chi connectivity index (χ4v) is 3.44. The van der Waals surface area contributed by atoms with Gasteiger partial charge in [0.15, 0.2) is 0 Å². The van der Waals surface area contributed by atoms with Crippen molar-refractivity contribution in [3.8, 4) is 0 Å². The zero-order chi connectivity index (χ0) is 23.3. The number of hydrogen-bond acceptors (Lipinski definition) is 5. The van der Waals surface area contributed by atoms with Crippen LogP contribution in [0.2, 0.25) is 0 Å². The molecule has 1 fully saturated rings. The lowest BCUT2D eigenvalue weighted by molar-refractivity contribution is -0.137. The lowest BCUT2D eigenvalue weighted by Crippen LogP contribution is -2.50. The summed E-state index contributed by atoms with van der Waals surface area (Å²) in [6.07, 6.45) is -2.71. The molecule has 33 heavy (non-hydrogen) atoms. The number of alkyl halides is 3. The Bertz CT molecular complexity index is 1070. The molecule has 1 aliphatic rings. The molecule has 0 bridgehead atoms. The summed E-state index contributed by atoms with van der Waals surface area (Å²) in [4.78, 5) is 25.0. The van der Waals surface area contributed by atoms with E-state index in [1.165, 1.54) is 12.1 Å². The lowest BCUT2D eigenvalue weighted by Gasteiger charge is -2.34. The Morgan fingerprint density at radius 1 is 0.939 bits per heavy atom. The van der Waals surface area contributed by atoms with E-state index in [-0.39, 0.29) is 6.03 Å². The van der Waals surface area contributed by atoms with Crippen molar-refractivity contribution in [3.63, 3.8) is 0 Å². The highest BCUT2D eigenvalue weighted by Gasteiger charge is 2.30. The second-order valence-electron chi connectivity index (χ2n) is 7.56. The first-order valence-corrected chi connectivity index (χ1v) is 10.5. The molecule has 2 N–H and O–H groups in total. The normalized spacial score (nSPS) is 14.2. The van der Waals surface area contributed by atoms with Gasteiger partial charge in [-0.15, -0.1) is 0 Å². The number of anilines is 3. The van der Waals surface area contributed by atoms with E-state index in [1.807, 2.05) is 35.2 Å². The predicted octanol–water partition coefficient (Wildman–Crippen LogP) is 4.46. The van der Waals surface area contributed by atoms with Crippen LogP contribution in [0.25, 0.3) is 0 Å². The van der Waals surface area contributed by atoms with Crippen molar-refractivity contribution in [2.24, 2.45) is 0 Å². The largest absolute Gasteiger partial charge is 0.416 e. The zero-order valence-electron chi connectivity index (χ0n) is 17.7. The van der Waals surface area contributed by atoms with Crippen LogP contribution in [0.3, 0.4) is 0 Å². The fraction of sp³-hybridized carbons (Fsp3) is 0.261. The molecule has 0 atom stereocenters. The first-order valence-electron chi connectivity index (χ1n) is 10.5. The third kappa shape index (κ3) is 5.91. The molecular formula is C23H23F3N6O. The van der Waals surface area contributed by atoms with E-state index in [9.17, 15) is 18.0 Å². The smallest absolute Gasteiger partial charge is 0.366 e. The Hall–Kier alpha value is -3.82. The number of carbonyl (C=O) groups is 1. The van der Waals surface area contributed by atoms with Crippen LogP contribution in [0.4, 0.5) is 35.4 Å². The number of aromatic nitrogens is 2. The van der Waals surface area contributed by atoms with Gasteiger partial charge < -0.3 is 20.4 Å². The average Bonchev–Trinajstić information content (AvgIpc) is 2.83. The van der Waals surface area contributed by atoms with Gasteiger partial charge in [0.25, 0.3) is 0 Å². The number of urea groups is 1. The van der Waals surface area contributed by atoms with Crippen LogP contribution in [0.1, 0.15) is 11.1 Å². The van der Waals surface area contributed by atoms with Gasteiger partial charge in [-0.1, -0.05) is 30.3 Å². The van der Waals surface area contributed by atoms with Crippen molar-refractivity contribution < 1.29 is 18.0 Å². The minimum Gasteiger partial charge on any atom is -0.366 e. The summed E-state index contributed by atoms with van der Waals surface area (Å²) in [5.41, 5.74) is 0.705. The molecule has 1 saturated heterocycles. The number of amides is 2. The molecular weight excluding hydrogens is 433 g/mol. The van der Waals surface area contributed by atoms with E-state index in [0.29, 0.717) is 50.2 Å². The molecule has 2 heterocycles. The molecule has 10 heteroatoms. The highest BCUT2D eigenvalue weighted by Crippen LogP contribution is 2.29. The third-order valence-electron chi connectivity index (χ3n) is 5.27. The fourth-order valence-electron chi connectivity index (χ4n) is 3.44. The zero-order valence-corrected chi connectivity index (χ0v) is 17.7. The molecule has 4 rings (SSSR count). The minimum atomic E-state index is -4.41.